The number of benzene rings is 1. The molecule has 19 heavy (non-hydrogen) atoms. The van der Waals surface area contributed by atoms with Gasteiger partial charge in [0.1, 0.15) is 13.2 Å². The van der Waals surface area contributed by atoms with E-state index in [2.05, 4.69) is 11.4 Å². The minimum absolute atomic E-state index is 0.143. The molecule has 0 spiro atoms. The highest BCUT2D eigenvalue weighted by Crippen LogP contribution is 2.33. The number of rotatable bonds is 3. The van der Waals surface area contributed by atoms with E-state index in [9.17, 15) is 5.11 Å². The number of hydrogen-bond acceptors (Lipinski definition) is 4. The molecule has 0 amide bonds. The van der Waals surface area contributed by atoms with Gasteiger partial charge in [-0.1, -0.05) is 12.1 Å². The minimum Gasteiger partial charge on any atom is -0.486 e. The molecule has 1 fully saturated rings. The highest BCUT2D eigenvalue weighted by atomic mass is 16.6. The molecule has 0 saturated heterocycles. The molecule has 1 aliphatic heterocycles. The highest BCUT2D eigenvalue weighted by molar-refractivity contribution is 5.47. The number of para-hydroxylation sites is 1. The Morgan fingerprint density at radius 3 is 3.00 bits per heavy atom. The van der Waals surface area contributed by atoms with Crippen LogP contribution in [0.5, 0.6) is 11.5 Å². The van der Waals surface area contributed by atoms with E-state index in [-0.39, 0.29) is 6.10 Å². The standard InChI is InChI=1S/C15H21NO3/c17-13-5-2-4-12(9-13)16-10-11-3-1-6-14-15(11)19-8-7-18-14/h1,3,6,12-13,16-17H,2,4-5,7-10H2. The van der Waals surface area contributed by atoms with Crippen molar-refractivity contribution in [2.24, 2.45) is 0 Å². The summed E-state index contributed by atoms with van der Waals surface area (Å²) in [7, 11) is 0. The van der Waals surface area contributed by atoms with Gasteiger partial charge in [0.05, 0.1) is 6.10 Å². The summed E-state index contributed by atoms with van der Waals surface area (Å²) < 4.78 is 11.3. The molecule has 2 unspecified atom stereocenters. The van der Waals surface area contributed by atoms with Crippen LogP contribution in [-0.4, -0.2) is 30.5 Å². The number of fused-ring (bicyclic) bond motifs is 1. The molecule has 3 rings (SSSR count). The topological polar surface area (TPSA) is 50.7 Å². The summed E-state index contributed by atoms with van der Waals surface area (Å²) in [6.45, 7) is 2.01. The van der Waals surface area contributed by atoms with E-state index in [0.29, 0.717) is 19.3 Å². The van der Waals surface area contributed by atoms with Crippen LogP contribution < -0.4 is 14.8 Å². The first-order valence-electron chi connectivity index (χ1n) is 7.12. The van der Waals surface area contributed by atoms with Gasteiger partial charge in [0.25, 0.3) is 0 Å². The van der Waals surface area contributed by atoms with Crippen molar-refractivity contribution in [3.63, 3.8) is 0 Å². The van der Waals surface area contributed by atoms with E-state index in [1.165, 1.54) is 0 Å². The summed E-state index contributed by atoms with van der Waals surface area (Å²) >= 11 is 0. The van der Waals surface area contributed by atoms with E-state index < -0.39 is 0 Å². The second-order valence-corrected chi connectivity index (χ2v) is 5.34. The van der Waals surface area contributed by atoms with Crippen molar-refractivity contribution in [1.29, 1.82) is 0 Å². The lowest BCUT2D eigenvalue weighted by Crippen LogP contribution is -2.35. The molecule has 1 aromatic rings. The first kappa shape index (κ1) is 12.8. The Morgan fingerprint density at radius 1 is 1.21 bits per heavy atom. The van der Waals surface area contributed by atoms with Crippen LogP contribution in [0.4, 0.5) is 0 Å². The van der Waals surface area contributed by atoms with Gasteiger partial charge in [0.15, 0.2) is 11.5 Å². The molecule has 0 aromatic heterocycles. The lowest BCUT2D eigenvalue weighted by atomic mass is 9.93. The zero-order valence-electron chi connectivity index (χ0n) is 11.1. The number of aliphatic hydroxyl groups is 1. The van der Waals surface area contributed by atoms with Gasteiger partial charge in [0.2, 0.25) is 0 Å². The van der Waals surface area contributed by atoms with E-state index in [0.717, 1.165) is 49.3 Å². The highest BCUT2D eigenvalue weighted by Gasteiger charge is 2.21. The Balaban J connectivity index is 1.63. The van der Waals surface area contributed by atoms with Crippen molar-refractivity contribution in [1.82, 2.24) is 5.32 Å². The number of hydrogen-bond donors (Lipinski definition) is 2. The second-order valence-electron chi connectivity index (χ2n) is 5.34. The van der Waals surface area contributed by atoms with Crippen LogP contribution in [0.2, 0.25) is 0 Å². The minimum atomic E-state index is -0.143. The van der Waals surface area contributed by atoms with Crippen LogP contribution in [-0.2, 0) is 6.54 Å². The van der Waals surface area contributed by atoms with Crippen molar-refractivity contribution in [2.75, 3.05) is 13.2 Å². The molecule has 2 atom stereocenters. The van der Waals surface area contributed by atoms with Gasteiger partial charge in [-0.05, 0) is 31.7 Å². The second kappa shape index (κ2) is 5.80. The third kappa shape index (κ3) is 3.01. The maximum atomic E-state index is 9.68. The molecular weight excluding hydrogens is 242 g/mol. The van der Waals surface area contributed by atoms with Crippen molar-refractivity contribution >= 4 is 0 Å². The monoisotopic (exact) mass is 263 g/mol. The van der Waals surface area contributed by atoms with Gasteiger partial charge in [0, 0.05) is 18.2 Å². The Bertz CT molecular complexity index is 435. The molecule has 4 heteroatoms. The summed E-state index contributed by atoms with van der Waals surface area (Å²) in [4.78, 5) is 0. The van der Waals surface area contributed by atoms with Crippen molar-refractivity contribution in [2.45, 2.75) is 44.4 Å². The number of ether oxygens (including phenoxy) is 2. The average Bonchev–Trinajstić information content (AvgIpc) is 2.45. The zero-order chi connectivity index (χ0) is 13.1. The quantitative estimate of drug-likeness (QED) is 0.874. The summed E-state index contributed by atoms with van der Waals surface area (Å²) in [5.41, 5.74) is 1.14. The van der Waals surface area contributed by atoms with Crippen LogP contribution >= 0.6 is 0 Å². The Morgan fingerprint density at radius 2 is 2.11 bits per heavy atom. The van der Waals surface area contributed by atoms with Crippen LogP contribution in [0, 0.1) is 0 Å². The van der Waals surface area contributed by atoms with Crippen molar-refractivity contribution in [3.8, 4) is 11.5 Å². The van der Waals surface area contributed by atoms with E-state index in [4.69, 9.17) is 9.47 Å². The molecule has 1 saturated carbocycles. The van der Waals surface area contributed by atoms with Gasteiger partial charge in [-0.3, -0.25) is 0 Å². The molecule has 104 valence electrons. The zero-order valence-corrected chi connectivity index (χ0v) is 11.1. The lowest BCUT2D eigenvalue weighted by molar-refractivity contribution is 0.111. The largest absolute Gasteiger partial charge is 0.486 e. The Hall–Kier alpha value is -1.26. The Labute approximate surface area is 113 Å². The fourth-order valence-corrected chi connectivity index (χ4v) is 2.88. The molecule has 2 aliphatic rings. The Kier molecular flexibility index (Phi) is 3.89. The molecule has 1 aliphatic carbocycles. The fraction of sp³-hybridized carbons (Fsp3) is 0.600. The smallest absolute Gasteiger partial charge is 0.165 e. The predicted octanol–water partition coefficient (Wildman–Crippen LogP) is 1.85. The molecule has 0 bridgehead atoms. The summed E-state index contributed by atoms with van der Waals surface area (Å²) in [5, 5.41) is 13.2. The maximum Gasteiger partial charge on any atom is 0.165 e. The fourth-order valence-electron chi connectivity index (χ4n) is 2.88. The predicted molar refractivity (Wildman–Crippen MR) is 72.5 cm³/mol. The first-order valence-corrected chi connectivity index (χ1v) is 7.12. The normalized spacial score (nSPS) is 26.2. The SMILES string of the molecule is OC1CCCC(NCc2cccc3c2OCCO3)C1. The van der Waals surface area contributed by atoms with Crippen LogP contribution in [0.1, 0.15) is 31.2 Å². The molecular formula is C15H21NO3. The van der Waals surface area contributed by atoms with Gasteiger partial charge in [-0.15, -0.1) is 0 Å². The van der Waals surface area contributed by atoms with Gasteiger partial charge < -0.3 is 19.9 Å². The third-order valence-corrected chi connectivity index (χ3v) is 3.88. The molecule has 0 radical (unpaired) electrons. The van der Waals surface area contributed by atoms with E-state index >= 15 is 0 Å². The number of aliphatic hydroxyl groups excluding tert-OH is 1. The summed E-state index contributed by atoms with van der Waals surface area (Å²) in [6.07, 6.45) is 3.90. The van der Waals surface area contributed by atoms with Gasteiger partial charge >= 0.3 is 0 Å². The molecule has 4 nitrogen and oxygen atoms in total. The summed E-state index contributed by atoms with van der Waals surface area (Å²) in [6, 6.07) is 6.42. The molecule has 1 heterocycles. The van der Waals surface area contributed by atoms with E-state index in [1.54, 1.807) is 0 Å². The van der Waals surface area contributed by atoms with Gasteiger partial charge in [-0.2, -0.15) is 0 Å². The summed E-state index contributed by atoms with van der Waals surface area (Å²) in [5.74, 6) is 1.71. The maximum absolute atomic E-state index is 9.68. The first-order chi connectivity index (χ1) is 9.33. The average molecular weight is 263 g/mol. The molecule has 2 N–H and O–H groups in total. The third-order valence-electron chi connectivity index (χ3n) is 3.88. The van der Waals surface area contributed by atoms with Gasteiger partial charge in [-0.25, -0.2) is 0 Å². The lowest BCUT2D eigenvalue weighted by Gasteiger charge is -2.27. The van der Waals surface area contributed by atoms with Crippen molar-refractivity contribution in [3.05, 3.63) is 23.8 Å². The van der Waals surface area contributed by atoms with Crippen LogP contribution in [0.25, 0.3) is 0 Å². The van der Waals surface area contributed by atoms with Crippen molar-refractivity contribution < 1.29 is 14.6 Å². The van der Waals surface area contributed by atoms with E-state index in [1.807, 2.05) is 12.1 Å². The van der Waals surface area contributed by atoms with Crippen LogP contribution in [0.3, 0.4) is 0 Å². The number of nitrogens with one attached hydrogen (secondary N) is 1. The molecule has 1 aromatic carbocycles. The van der Waals surface area contributed by atoms with Crippen LogP contribution in [0.15, 0.2) is 18.2 Å².